The molecule has 1 aromatic carbocycles. The lowest BCUT2D eigenvalue weighted by Crippen LogP contribution is -2.39. The highest BCUT2D eigenvalue weighted by Crippen LogP contribution is 2.30. The smallest absolute Gasteiger partial charge is 0.357 e. The lowest BCUT2D eigenvalue weighted by Gasteiger charge is -2.16. The van der Waals surface area contributed by atoms with Gasteiger partial charge in [0.15, 0.2) is 11.7 Å². The summed E-state index contributed by atoms with van der Waals surface area (Å²) in [6.07, 6.45) is -3.14. The van der Waals surface area contributed by atoms with E-state index in [2.05, 4.69) is 51.9 Å². The Balaban J connectivity index is 2.05. The largest absolute Gasteiger partial charge is 0.435 e. The van der Waals surface area contributed by atoms with Crippen LogP contribution in [0.4, 0.5) is 13.2 Å². The minimum Gasteiger partial charge on any atom is -0.357 e. The molecule has 0 aliphatic rings. The van der Waals surface area contributed by atoms with E-state index in [4.69, 9.17) is 0 Å². The Hall–Kier alpha value is -2.51. The summed E-state index contributed by atoms with van der Waals surface area (Å²) >= 11 is 0. The molecule has 2 rings (SSSR count). The Morgan fingerprint density at radius 1 is 1.22 bits per heavy atom. The number of nitrogens with one attached hydrogen (secondary N) is 2. The van der Waals surface area contributed by atoms with E-state index in [9.17, 15) is 13.2 Å². The Kier molecular flexibility index (Phi) is 6.87. The number of aliphatic imine (C=N–C) groups is 1. The van der Waals surface area contributed by atoms with Crippen molar-refractivity contribution in [3.05, 3.63) is 52.8 Å². The molecule has 0 radical (unpaired) electrons. The molecular formula is C19H26F3N5. The van der Waals surface area contributed by atoms with Crippen LogP contribution in [0.25, 0.3) is 0 Å². The first kappa shape index (κ1) is 20.8. The quantitative estimate of drug-likeness (QED) is 0.594. The fourth-order valence-corrected chi connectivity index (χ4v) is 2.66. The van der Waals surface area contributed by atoms with Gasteiger partial charge in [-0.1, -0.05) is 36.8 Å². The first-order valence-electron chi connectivity index (χ1n) is 8.89. The molecule has 0 saturated heterocycles. The zero-order valence-electron chi connectivity index (χ0n) is 16.1. The highest BCUT2D eigenvalue weighted by atomic mass is 19.4. The molecule has 0 fully saturated rings. The van der Waals surface area contributed by atoms with Crippen LogP contribution in [0, 0.1) is 6.92 Å². The van der Waals surface area contributed by atoms with E-state index in [1.807, 2.05) is 13.8 Å². The third-order valence-electron chi connectivity index (χ3n) is 4.15. The Morgan fingerprint density at radius 3 is 2.48 bits per heavy atom. The predicted molar refractivity (Wildman–Crippen MR) is 101 cm³/mol. The molecule has 148 valence electrons. The first-order chi connectivity index (χ1) is 12.7. The molecule has 1 aromatic heterocycles. The lowest BCUT2D eigenvalue weighted by atomic mass is 10.0. The number of aromatic nitrogens is 2. The van der Waals surface area contributed by atoms with E-state index in [0.717, 1.165) is 4.68 Å². The highest BCUT2D eigenvalue weighted by Gasteiger charge is 2.36. The van der Waals surface area contributed by atoms with Gasteiger partial charge in [-0.05, 0) is 25.3 Å². The standard InChI is InChI=1S/C19H26F3N5/c1-5-23-18(24-10-14(3)15-8-6-13(2)7-9-15)25-11-16-12-27(4)26-17(16)19(20,21)22/h6-9,12,14H,5,10-11H2,1-4H3,(H2,23,24,25). The van der Waals surface area contributed by atoms with Gasteiger partial charge in [-0.2, -0.15) is 18.3 Å². The third kappa shape index (κ3) is 6.01. The van der Waals surface area contributed by atoms with Gasteiger partial charge >= 0.3 is 6.18 Å². The molecule has 27 heavy (non-hydrogen) atoms. The normalized spacial score (nSPS) is 13.5. The number of alkyl halides is 3. The Morgan fingerprint density at radius 2 is 1.89 bits per heavy atom. The summed E-state index contributed by atoms with van der Waals surface area (Å²) in [4.78, 5) is 4.29. The van der Waals surface area contributed by atoms with Crippen molar-refractivity contribution in [1.29, 1.82) is 0 Å². The molecule has 5 nitrogen and oxygen atoms in total. The van der Waals surface area contributed by atoms with Crippen molar-refractivity contribution in [1.82, 2.24) is 20.4 Å². The van der Waals surface area contributed by atoms with Gasteiger partial charge in [-0.15, -0.1) is 0 Å². The molecule has 1 heterocycles. The molecule has 0 amide bonds. The van der Waals surface area contributed by atoms with Crippen LogP contribution in [0.2, 0.25) is 0 Å². The molecule has 0 aliphatic heterocycles. The molecule has 1 atom stereocenters. The maximum atomic E-state index is 13.0. The van der Waals surface area contributed by atoms with Gasteiger partial charge in [0.1, 0.15) is 0 Å². The van der Waals surface area contributed by atoms with Crippen LogP contribution in [-0.2, 0) is 19.8 Å². The topological polar surface area (TPSA) is 54.2 Å². The van der Waals surface area contributed by atoms with Gasteiger partial charge in [0.2, 0.25) is 0 Å². The number of hydrogen-bond donors (Lipinski definition) is 2. The van der Waals surface area contributed by atoms with Crippen molar-refractivity contribution in [2.24, 2.45) is 12.0 Å². The van der Waals surface area contributed by atoms with Crippen LogP contribution in [0.3, 0.4) is 0 Å². The zero-order valence-corrected chi connectivity index (χ0v) is 16.1. The van der Waals surface area contributed by atoms with Crippen LogP contribution >= 0.6 is 0 Å². The Bertz CT molecular complexity index is 763. The second kappa shape index (κ2) is 8.92. The molecule has 2 aromatic rings. The van der Waals surface area contributed by atoms with E-state index in [1.165, 1.54) is 24.4 Å². The summed E-state index contributed by atoms with van der Waals surface area (Å²) in [6, 6.07) is 8.28. The SMILES string of the molecule is CCNC(=NCc1cn(C)nc1C(F)(F)F)NCC(C)c1ccc(C)cc1. The minimum absolute atomic E-state index is 0.0498. The van der Waals surface area contributed by atoms with E-state index in [1.54, 1.807) is 0 Å². The molecule has 0 saturated carbocycles. The van der Waals surface area contributed by atoms with Crippen LogP contribution < -0.4 is 10.6 Å². The maximum Gasteiger partial charge on any atom is 0.435 e. The summed E-state index contributed by atoms with van der Waals surface area (Å²) in [5.74, 6) is 0.715. The average Bonchev–Trinajstić information content (AvgIpc) is 2.99. The van der Waals surface area contributed by atoms with Gasteiger partial charge < -0.3 is 10.6 Å². The summed E-state index contributed by atoms with van der Waals surface area (Å²) in [7, 11) is 1.47. The summed E-state index contributed by atoms with van der Waals surface area (Å²) in [6.45, 7) is 7.17. The predicted octanol–water partition coefficient (Wildman–Crippen LogP) is 3.61. The van der Waals surface area contributed by atoms with Crippen molar-refractivity contribution in [2.45, 2.75) is 39.4 Å². The first-order valence-corrected chi connectivity index (χ1v) is 8.89. The van der Waals surface area contributed by atoms with Gasteiger partial charge in [0.05, 0.1) is 6.54 Å². The van der Waals surface area contributed by atoms with Crippen molar-refractivity contribution < 1.29 is 13.2 Å². The van der Waals surface area contributed by atoms with E-state index in [-0.39, 0.29) is 18.0 Å². The molecule has 0 bridgehead atoms. The fourth-order valence-electron chi connectivity index (χ4n) is 2.66. The number of aryl methyl sites for hydroxylation is 2. The molecule has 2 N–H and O–H groups in total. The number of hydrogen-bond acceptors (Lipinski definition) is 2. The number of rotatable bonds is 6. The second-order valence-corrected chi connectivity index (χ2v) is 6.56. The van der Waals surface area contributed by atoms with Gasteiger partial charge in [0, 0.05) is 31.9 Å². The number of halogens is 3. The summed E-state index contributed by atoms with van der Waals surface area (Å²) in [5.41, 5.74) is 1.55. The van der Waals surface area contributed by atoms with Crippen molar-refractivity contribution >= 4 is 5.96 Å². The third-order valence-corrected chi connectivity index (χ3v) is 4.15. The second-order valence-electron chi connectivity index (χ2n) is 6.56. The van der Waals surface area contributed by atoms with E-state index >= 15 is 0 Å². The molecule has 0 aliphatic carbocycles. The van der Waals surface area contributed by atoms with Crippen molar-refractivity contribution in [3.63, 3.8) is 0 Å². The van der Waals surface area contributed by atoms with Crippen LogP contribution in [-0.4, -0.2) is 28.8 Å². The van der Waals surface area contributed by atoms with Crippen molar-refractivity contribution in [2.75, 3.05) is 13.1 Å². The number of nitrogens with zero attached hydrogens (tertiary/aromatic N) is 3. The van der Waals surface area contributed by atoms with Crippen LogP contribution in [0.1, 0.15) is 42.1 Å². The fraction of sp³-hybridized carbons (Fsp3) is 0.474. The van der Waals surface area contributed by atoms with Crippen molar-refractivity contribution in [3.8, 4) is 0 Å². The number of guanidine groups is 1. The van der Waals surface area contributed by atoms with Gasteiger partial charge in [0.25, 0.3) is 0 Å². The van der Waals surface area contributed by atoms with Crippen LogP contribution in [0.5, 0.6) is 0 Å². The Labute approximate surface area is 157 Å². The zero-order chi connectivity index (χ0) is 20.0. The van der Waals surface area contributed by atoms with E-state index in [0.29, 0.717) is 19.0 Å². The van der Waals surface area contributed by atoms with Crippen LogP contribution in [0.15, 0.2) is 35.5 Å². The average molecular weight is 381 g/mol. The van der Waals surface area contributed by atoms with E-state index < -0.39 is 11.9 Å². The molecule has 8 heteroatoms. The summed E-state index contributed by atoms with van der Waals surface area (Å²) in [5, 5.41) is 9.77. The minimum atomic E-state index is -4.49. The number of benzene rings is 1. The maximum absolute atomic E-state index is 13.0. The van der Waals surface area contributed by atoms with Gasteiger partial charge in [-0.25, -0.2) is 4.99 Å². The molecular weight excluding hydrogens is 355 g/mol. The molecule has 0 spiro atoms. The highest BCUT2D eigenvalue weighted by molar-refractivity contribution is 5.79. The van der Waals surface area contributed by atoms with Gasteiger partial charge in [-0.3, -0.25) is 4.68 Å². The summed E-state index contributed by atoms with van der Waals surface area (Å²) < 4.78 is 40.3. The molecule has 1 unspecified atom stereocenters. The monoisotopic (exact) mass is 381 g/mol. The lowest BCUT2D eigenvalue weighted by molar-refractivity contribution is -0.142.